The number of hydrogen-bond donors (Lipinski definition) is 0. The highest BCUT2D eigenvalue weighted by Gasteiger charge is 2.25. The normalized spacial score (nSPS) is 16.8. The van der Waals surface area contributed by atoms with Crippen molar-refractivity contribution in [3.05, 3.63) is 47.3 Å². The van der Waals surface area contributed by atoms with Crippen LogP contribution >= 0.6 is 0 Å². The van der Waals surface area contributed by atoms with Crippen LogP contribution in [0.1, 0.15) is 53.1 Å². The number of likely N-dealkylation sites (tertiary alicyclic amines) is 1. The van der Waals surface area contributed by atoms with Gasteiger partial charge in [0.05, 0.1) is 6.20 Å². The van der Waals surface area contributed by atoms with E-state index in [-0.39, 0.29) is 11.8 Å². The molecular weight excluding hydrogens is 354 g/mol. The molecule has 2 amide bonds. The first kappa shape index (κ1) is 20.0. The number of piperidine rings is 1. The standard InChI is InChI=1S/C21H29N5O2/c1-4-24(5-2)21(28)19-15-26(23-22-19)14-17-9-7-11-25(13-17)20(27)18-10-6-8-16(3)12-18/h6,8,10,12,15,17H,4-5,7,9,11,13-14H2,1-3H3/t17-/m0/s1. The zero-order chi connectivity index (χ0) is 20.1. The number of carbonyl (C=O) groups excluding carboxylic acids is 2. The van der Waals surface area contributed by atoms with Gasteiger partial charge >= 0.3 is 0 Å². The lowest BCUT2D eigenvalue weighted by Crippen LogP contribution is -2.41. The minimum absolute atomic E-state index is 0.0869. The van der Waals surface area contributed by atoms with E-state index in [4.69, 9.17) is 0 Å². The smallest absolute Gasteiger partial charge is 0.276 e. The van der Waals surface area contributed by atoms with Gasteiger partial charge in [0.1, 0.15) is 0 Å². The van der Waals surface area contributed by atoms with Crippen molar-refractivity contribution in [1.29, 1.82) is 0 Å². The lowest BCUT2D eigenvalue weighted by Gasteiger charge is -2.32. The van der Waals surface area contributed by atoms with Crippen LogP contribution in [0, 0.1) is 12.8 Å². The van der Waals surface area contributed by atoms with Crippen LogP contribution in [0.5, 0.6) is 0 Å². The maximum Gasteiger partial charge on any atom is 0.276 e. The summed E-state index contributed by atoms with van der Waals surface area (Å²) in [5.41, 5.74) is 2.22. The molecule has 1 aromatic heterocycles. The molecule has 0 unspecified atom stereocenters. The summed E-state index contributed by atoms with van der Waals surface area (Å²) in [4.78, 5) is 28.9. The zero-order valence-electron chi connectivity index (χ0n) is 17.0. The second kappa shape index (κ2) is 8.99. The van der Waals surface area contributed by atoms with Crippen molar-refractivity contribution in [2.45, 2.75) is 40.2 Å². The summed E-state index contributed by atoms with van der Waals surface area (Å²) in [6, 6.07) is 7.74. The maximum absolute atomic E-state index is 12.8. The lowest BCUT2D eigenvalue weighted by molar-refractivity contribution is 0.0659. The first-order valence-electron chi connectivity index (χ1n) is 10.1. The van der Waals surface area contributed by atoms with Gasteiger partial charge in [0.15, 0.2) is 5.69 Å². The van der Waals surface area contributed by atoms with Crippen molar-refractivity contribution in [2.24, 2.45) is 5.92 Å². The Kier molecular flexibility index (Phi) is 6.44. The molecule has 3 rings (SSSR count). The summed E-state index contributed by atoms with van der Waals surface area (Å²) < 4.78 is 1.74. The van der Waals surface area contributed by atoms with E-state index in [1.807, 2.05) is 49.9 Å². The topological polar surface area (TPSA) is 71.3 Å². The summed E-state index contributed by atoms with van der Waals surface area (Å²) >= 11 is 0. The molecule has 150 valence electrons. The van der Waals surface area contributed by atoms with Crippen molar-refractivity contribution >= 4 is 11.8 Å². The van der Waals surface area contributed by atoms with E-state index in [9.17, 15) is 9.59 Å². The number of aryl methyl sites for hydroxylation is 1. The van der Waals surface area contributed by atoms with Gasteiger partial charge < -0.3 is 9.80 Å². The SMILES string of the molecule is CCN(CC)C(=O)c1cn(C[C@H]2CCCN(C(=O)c3cccc(C)c3)C2)nn1. The van der Waals surface area contributed by atoms with Gasteiger partial charge in [-0.1, -0.05) is 22.9 Å². The Morgan fingerprint density at radius 1 is 1.25 bits per heavy atom. The molecule has 2 aromatic rings. The first-order chi connectivity index (χ1) is 13.5. The van der Waals surface area contributed by atoms with Crippen LogP contribution in [-0.2, 0) is 6.54 Å². The van der Waals surface area contributed by atoms with Gasteiger partial charge in [0.25, 0.3) is 11.8 Å². The Hall–Kier alpha value is -2.70. The fourth-order valence-electron chi connectivity index (χ4n) is 3.78. The molecule has 2 heterocycles. The summed E-state index contributed by atoms with van der Waals surface area (Å²) in [6.07, 6.45) is 3.74. The number of aromatic nitrogens is 3. The monoisotopic (exact) mass is 383 g/mol. The predicted octanol–water partition coefficient (Wildman–Crippen LogP) is 2.62. The quantitative estimate of drug-likeness (QED) is 0.769. The molecule has 1 fully saturated rings. The average Bonchev–Trinajstić information content (AvgIpc) is 3.17. The van der Waals surface area contributed by atoms with Crippen LogP contribution in [0.15, 0.2) is 30.5 Å². The van der Waals surface area contributed by atoms with Crippen molar-refractivity contribution in [1.82, 2.24) is 24.8 Å². The van der Waals surface area contributed by atoms with Crippen LogP contribution in [0.3, 0.4) is 0 Å². The Morgan fingerprint density at radius 2 is 2.04 bits per heavy atom. The third-order valence-electron chi connectivity index (χ3n) is 5.32. The van der Waals surface area contributed by atoms with E-state index in [0.717, 1.165) is 30.5 Å². The summed E-state index contributed by atoms with van der Waals surface area (Å²) in [6.45, 7) is 9.36. The highest BCUT2D eigenvalue weighted by Crippen LogP contribution is 2.20. The van der Waals surface area contributed by atoms with Gasteiger partial charge in [-0.05, 0) is 51.7 Å². The number of benzene rings is 1. The molecule has 0 radical (unpaired) electrons. The van der Waals surface area contributed by atoms with E-state index in [1.165, 1.54) is 0 Å². The number of amides is 2. The second-order valence-corrected chi connectivity index (χ2v) is 7.43. The van der Waals surface area contributed by atoms with E-state index in [0.29, 0.717) is 37.8 Å². The molecule has 28 heavy (non-hydrogen) atoms. The molecular formula is C21H29N5O2. The highest BCUT2D eigenvalue weighted by molar-refractivity contribution is 5.94. The van der Waals surface area contributed by atoms with Gasteiger partial charge in [-0.2, -0.15) is 0 Å². The molecule has 0 bridgehead atoms. The summed E-state index contributed by atoms with van der Waals surface area (Å²) in [5.74, 6) is 0.307. The highest BCUT2D eigenvalue weighted by atomic mass is 16.2. The van der Waals surface area contributed by atoms with E-state index >= 15 is 0 Å². The molecule has 0 spiro atoms. The summed E-state index contributed by atoms with van der Waals surface area (Å²) in [5, 5.41) is 8.19. The number of carbonyl (C=O) groups is 2. The van der Waals surface area contributed by atoms with E-state index in [2.05, 4.69) is 10.3 Å². The molecule has 7 nitrogen and oxygen atoms in total. The molecule has 0 N–H and O–H groups in total. The van der Waals surface area contributed by atoms with Gasteiger partial charge in [0.2, 0.25) is 0 Å². The van der Waals surface area contributed by atoms with Crippen LogP contribution < -0.4 is 0 Å². The molecule has 0 aliphatic carbocycles. The Morgan fingerprint density at radius 3 is 2.75 bits per heavy atom. The molecule has 7 heteroatoms. The Balaban J connectivity index is 1.62. The maximum atomic E-state index is 12.8. The minimum atomic E-state index is -0.0869. The number of nitrogens with zero attached hydrogens (tertiary/aromatic N) is 5. The van der Waals surface area contributed by atoms with Gasteiger partial charge in [-0.25, -0.2) is 0 Å². The van der Waals surface area contributed by atoms with Crippen molar-refractivity contribution in [3.63, 3.8) is 0 Å². The molecule has 1 saturated heterocycles. The van der Waals surface area contributed by atoms with Gasteiger partial charge in [-0.15, -0.1) is 5.10 Å². The molecule has 1 aromatic carbocycles. The van der Waals surface area contributed by atoms with Crippen LogP contribution in [0.2, 0.25) is 0 Å². The van der Waals surface area contributed by atoms with Crippen LogP contribution in [-0.4, -0.2) is 62.8 Å². The average molecular weight is 383 g/mol. The van der Waals surface area contributed by atoms with Crippen LogP contribution in [0.4, 0.5) is 0 Å². The third-order valence-corrected chi connectivity index (χ3v) is 5.32. The second-order valence-electron chi connectivity index (χ2n) is 7.43. The van der Waals surface area contributed by atoms with Crippen LogP contribution in [0.25, 0.3) is 0 Å². The molecule has 1 aliphatic rings. The van der Waals surface area contributed by atoms with Gasteiger partial charge in [-0.3, -0.25) is 14.3 Å². The fourth-order valence-corrected chi connectivity index (χ4v) is 3.78. The molecule has 0 saturated carbocycles. The largest absolute Gasteiger partial charge is 0.338 e. The van der Waals surface area contributed by atoms with E-state index in [1.54, 1.807) is 15.8 Å². The molecule has 1 atom stereocenters. The lowest BCUT2D eigenvalue weighted by atomic mass is 9.97. The zero-order valence-corrected chi connectivity index (χ0v) is 17.0. The van der Waals surface area contributed by atoms with Gasteiger partial charge in [0, 0.05) is 38.3 Å². The predicted molar refractivity (Wildman–Crippen MR) is 107 cm³/mol. The number of rotatable bonds is 6. The fraction of sp³-hybridized carbons (Fsp3) is 0.524. The third kappa shape index (κ3) is 4.58. The number of hydrogen-bond acceptors (Lipinski definition) is 4. The molecule has 1 aliphatic heterocycles. The first-order valence-corrected chi connectivity index (χ1v) is 10.1. The van der Waals surface area contributed by atoms with Crippen molar-refractivity contribution in [3.8, 4) is 0 Å². The minimum Gasteiger partial charge on any atom is -0.338 e. The van der Waals surface area contributed by atoms with Crippen molar-refractivity contribution in [2.75, 3.05) is 26.2 Å². The summed E-state index contributed by atoms with van der Waals surface area (Å²) in [7, 11) is 0. The van der Waals surface area contributed by atoms with E-state index < -0.39 is 0 Å². The van der Waals surface area contributed by atoms with Crippen molar-refractivity contribution < 1.29 is 9.59 Å². The Bertz CT molecular complexity index is 828. The Labute approximate surface area is 166 Å².